The van der Waals surface area contributed by atoms with E-state index in [9.17, 15) is 4.79 Å². The maximum Gasteiger partial charge on any atom is 0.322 e. The van der Waals surface area contributed by atoms with E-state index in [-0.39, 0.29) is 6.04 Å². The predicted molar refractivity (Wildman–Crippen MR) is 56.8 cm³/mol. The molecule has 5 heteroatoms. The van der Waals surface area contributed by atoms with Gasteiger partial charge in [0, 0.05) is 6.20 Å². The first-order valence-electron chi connectivity index (χ1n) is 5.03. The number of aliphatic carboxylic acids is 1. The maximum absolute atomic E-state index is 11.0. The average Bonchev–Trinajstić information content (AvgIpc) is 2.59. The summed E-state index contributed by atoms with van der Waals surface area (Å²) in [7, 11) is 0. The Balaban J connectivity index is 2.80. The summed E-state index contributed by atoms with van der Waals surface area (Å²) in [5.74, 6) is -0.850. The molecule has 1 rings (SSSR count). The van der Waals surface area contributed by atoms with E-state index in [0.29, 0.717) is 6.54 Å². The van der Waals surface area contributed by atoms with Crippen LogP contribution in [0.2, 0.25) is 0 Å². The molecule has 5 nitrogen and oxygen atoms in total. The number of likely N-dealkylation sites (N-methyl/N-ethyl adjacent to an activating group) is 1. The summed E-state index contributed by atoms with van der Waals surface area (Å²) in [6.07, 6.45) is 3.57. The van der Waals surface area contributed by atoms with Crippen molar-refractivity contribution >= 4 is 5.97 Å². The molecule has 2 N–H and O–H groups in total. The fourth-order valence-electron chi connectivity index (χ4n) is 1.49. The van der Waals surface area contributed by atoms with Gasteiger partial charge in [0.15, 0.2) is 0 Å². The van der Waals surface area contributed by atoms with Crippen LogP contribution in [-0.4, -0.2) is 33.4 Å². The normalized spacial score (nSPS) is 14.9. The highest BCUT2D eigenvalue weighted by atomic mass is 16.4. The lowest BCUT2D eigenvalue weighted by Gasteiger charge is -2.21. The summed E-state index contributed by atoms with van der Waals surface area (Å²) in [6.45, 7) is 6.28. The van der Waals surface area contributed by atoms with Crippen LogP contribution < -0.4 is 5.32 Å². The number of aryl methyl sites for hydroxylation is 1. The Hall–Kier alpha value is -1.36. The molecule has 0 bridgehead atoms. The molecule has 2 unspecified atom stereocenters. The predicted octanol–water partition coefficient (Wildman–Crippen LogP) is 0.815. The van der Waals surface area contributed by atoms with E-state index in [4.69, 9.17) is 5.11 Å². The van der Waals surface area contributed by atoms with Crippen molar-refractivity contribution in [3.63, 3.8) is 0 Å². The van der Waals surface area contributed by atoms with E-state index in [1.54, 1.807) is 10.9 Å². The summed E-state index contributed by atoms with van der Waals surface area (Å²) in [4.78, 5) is 11.0. The summed E-state index contributed by atoms with van der Waals surface area (Å²) < 4.78 is 1.68. The smallest absolute Gasteiger partial charge is 0.322 e. The topological polar surface area (TPSA) is 67.2 Å². The van der Waals surface area contributed by atoms with Crippen molar-refractivity contribution in [2.45, 2.75) is 32.9 Å². The number of hydrogen-bond acceptors (Lipinski definition) is 3. The van der Waals surface area contributed by atoms with Crippen LogP contribution in [-0.2, 0) is 4.79 Å². The van der Waals surface area contributed by atoms with Crippen LogP contribution in [0.15, 0.2) is 12.4 Å². The van der Waals surface area contributed by atoms with Crippen LogP contribution in [0.1, 0.15) is 25.5 Å². The van der Waals surface area contributed by atoms with Crippen LogP contribution >= 0.6 is 0 Å². The average molecular weight is 211 g/mol. The van der Waals surface area contributed by atoms with Crippen LogP contribution in [0.5, 0.6) is 0 Å². The summed E-state index contributed by atoms with van der Waals surface area (Å²) in [5.41, 5.74) is 1.03. The van der Waals surface area contributed by atoms with E-state index < -0.39 is 12.0 Å². The van der Waals surface area contributed by atoms with Gasteiger partial charge in [-0.05, 0) is 26.0 Å². The minimum absolute atomic E-state index is 0.198. The fourth-order valence-corrected chi connectivity index (χ4v) is 1.49. The van der Waals surface area contributed by atoms with Gasteiger partial charge in [-0.15, -0.1) is 0 Å². The summed E-state index contributed by atoms with van der Waals surface area (Å²) in [6, 6.07) is -0.801. The highest BCUT2D eigenvalue weighted by Crippen LogP contribution is 2.11. The maximum atomic E-state index is 11.0. The fraction of sp³-hybridized carbons (Fsp3) is 0.600. The van der Waals surface area contributed by atoms with Gasteiger partial charge in [0.05, 0.1) is 12.2 Å². The van der Waals surface area contributed by atoms with Crippen LogP contribution in [0.4, 0.5) is 0 Å². The van der Waals surface area contributed by atoms with Gasteiger partial charge < -0.3 is 10.4 Å². The Morgan fingerprint density at radius 2 is 2.40 bits per heavy atom. The summed E-state index contributed by atoms with van der Waals surface area (Å²) in [5, 5.41) is 16.1. The number of aromatic nitrogens is 2. The van der Waals surface area contributed by atoms with E-state index in [1.807, 2.05) is 27.0 Å². The molecular weight excluding hydrogens is 194 g/mol. The molecular formula is C10H17N3O2. The minimum atomic E-state index is -0.850. The monoisotopic (exact) mass is 211 g/mol. The van der Waals surface area contributed by atoms with Crippen molar-refractivity contribution in [2.24, 2.45) is 0 Å². The van der Waals surface area contributed by atoms with E-state index >= 15 is 0 Å². The van der Waals surface area contributed by atoms with Crippen molar-refractivity contribution in [3.05, 3.63) is 18.0 Å². The van der Waals surface area contributed by atoms with Crippen molar-refractivity contribution in [3.8, 4) is 0 Å². The van der Waals surface area contributed by atoms with Gasteiger partial charge >= 0.3 is 5.97 Å². The zero-order valence-corrected chi connectivity index (χ0v) is 9.27. The Kier molecular flexibility index (Phi) is 3.85. The number of hydrogen-bond donors (Lipinski definition) is 2. The van der Waals surface area contributed by atoms with Crippen LogP contribution in [0.3, 0.4) is 0 Å². The highest BCUT2D eigenvalue weighted by Gasteiger charge is 2.25. The van der Waals surface area contributed by atoms with Crippen molar-refractivity contribution in [1.82, 2.24) is 15.1 Å². The Morgan fingerprint density at radius 3 is 2.80 bits per heavy atom. The van der Waals surface area contributed by atoms with Gasteiger partial charge in [0.1, 0.15) is 6.04 Å². The molecule has 1 aromatic rings. The molecule has 84 valence electrons. The van der Waals surface area contributed by atoms with Gasteiger partial charge in [-0.1, -0.05) is 6.92 Å². The molecule has 15 heavy (non-hydrogen) atoms. The Morgan fingerprint density at radius 1 is 1.73 bits per heavy atom. The quantitative estimate of drug-likeness (QED) is 0.756. The van der Waals surface area contributed by atoms with Crippen molar-refractivity contribution in [2.75, 3.05) is 6.54 Å². The van der Waals surface area contributed by atoms with Gasteiger partial charge in [-0.25, -0.2) is 0 Å². The molecule has 0 fully saturated rings. The number of carboxylic acid groups (broad SMARTS) is 1. The molecule has 0 saturated heterocycles. The second kappa shape index (κ2) is 4.93. The third-order valence-corrected chi connectivity index (χ3v) is 2.32. The molecule has 2 atom stereocenters. The Bertz CT molecular complexity index is 335. The minimum Gasteiger partial charge on any atom is -0.480 e. The lowest BCUT2D eigenvalue weighted by Crippen LogP contribution is -2.42. The first kappa shape index (κ1) is 11.7. The molecule has 0 saturated carbocycles. The van der Waals surface area contributed by atoms with Gasteiger partial charge in [-0.3, -0.25) is 9.48 Å². The molecule has 0 aliphatic heterocycles. The second-order valence-corrected chi connectivity index (χ2v) is 3.61. The van der Waals surface area contributed by atoms with E-state index in [0.717, 1.165) is 5.56 Å². The lowest BCUT2D eigenvalue weighted by molar-refractivity contribution is -0.140. The lowest BCUT2D eigenvalue weighted by atomic mass is 10.1. The third kappa shape index (κ3) is 2.79. The second-order valence-electron chi connectivity index (χ2n) is 3.61. The van der Waals surface area contributed by atoms with Gasteiger partial charge in [-0.2, -0.15) is 5.10 Å². The SMILES string of the molecule is CCNC(C(=O)O)C(C)n1cc(C)cn1. The first-order chi connectivity index (χ1) is 7.06. The summed E-state index contributed by atoms with van der Waals surface area (Å²) >= 11 is 0. The standard InChI is InChI=1S/C10H17N3O2/c1-4-11-9(10(14)15)8(3)13-6-7(2)5-12-13/h5-6,8-9,11H,4H2,1-3H3,(H,14,15). The van der Waals surface area contributed by atoms with Crippen LogP contribution in [0.25, 0.3) is 0 Å². The third-order valence-electron chi connectivity index (χ3n) is 2.32. The molecule has 0 aliphatic carbocycles. The molecule has 0 amide bonds. The van der Waals surface area contributed by atoms with Gasteiger partial charge in [0.2, 0.25) is 0 Å². The van der Waals surface area contributed by atoms with Crippen molar-refractivity contribution < 1.29 is 9.90 Å². The zero-order chi connectivity index (χ0) is 11.4. The zero-order valence-electron chi connectivity index (χ0n) is 9.27. The molecule has 0 aromatic carbocycles. The number of rotatable bonds is 5. The molecule has 1 heterocycles. The largest absolute Gasteiger partial charge is 0.480 e. The van der Waals surface area contributed by atoms with Crippen LogP contribution in [0, 0.1) is 6.92 Å². The highest BCUT2D eigenvalue weighted by molar-refractivity contribution is 5.74. The van der Waals surface area contributed by atoms with E-state index in [2.05, 4.69) is 10.4 Å². The molecule has 0 aliphatic rings. The first-order valence-corrected chi connectivity index (χ1v) is 5.03. The molecule has 1 aromatic heterocycles. The number of carboxylic acids is 1. The molecule has 0 spiro atoms. The van der Waals surface area contributed by atoms with Gasteiger partial charge in [0.25, 0.3) is 0 Å². The number of carbonyl (C=O) groups is 1. The van der Waals surface area contributed by atoms with Crippen molar-refractivity contribution in [1.29, 1.82) is 0 Å². The number of nitrogens with zero attached hydrogens (tertiary/aromatic N) is 2. The van der Waals surface area contributed by atoms with E-state index in [1.165, 1.54) is 0 Å². The Labute approximate surface area is 89.1 Å². The molecule has 0 radical (unpaired) electrons. The number of nitrogens with one attached hydrogen (secondary N) is 1.